The first kappa shape index (κ1) is 20.4. The maximum atomic E-state index is 6.04. The predicted octanol–water partition coefficient (Wildman–Crippen LogP) is 4.07. The van der Waals surface area contributed by atoms with Crippen molar-refractivity contribution in [2.24, 2.45) is 10.9 Å². The maximum absolute atomic E-state index is 6.04. The molecule has 7 heteroatoms. The second-order valence-corrected chi connectivity index (χ2v) is 7.97. The summed E-state index contributed by atoms with van der Waals surface area (Å²) in [4.78, 5) is 11.3. The Hall–Kier alpha value is -2.86. The van der Waals surface area contributed by atoms with Gasteiger partial charge in [0.25, 0.3) is 0 Å². The van der Waals surface area contributed by atoms with Crippen LogP contribution in [0.1, 0.15) is 17.9 Å². The highest BCUT2D eigenvalue weighted by Crippen LogP contribution is 2.21. The molecule has 0 bridgehead atoms. The van der Waals surface area contributed by atoms with Crippen LogP contribution in [0.15, 0.2) is 64.1 Å². The van der Waals surface area contributed by atoms with Crippen molar-refractivity contribution in [3.63, 3.8) is 0 Å². The SMILES string of the molecule is CN=C(NCCc1nc(-c2cccc(Cl)c2)no1)N1CCC(Cc2ccccc2)C1. The quantitative estimate of drug-likeness (QED) is 0.478. The van der Waals surface area contributed by atoms with Gasteiger partial charge in [0, 0.05) is 43.7 Å². The fraction of sp³-hybridized carbons (Fsp3) is 0.348. The number of guanidine groups is 1. The third-order valence-electron chi connectivity index (χ3n) is 5.34. The summed E-state index contributed by atoms with van der Waals surface area (Å²) in [5.41, 5.74) is 2.25. The van der Waals surface area contributed by atoms with Crippen LogP contribution in [0.3, 0.4) is 0 Å². The molecule has 0 amide bonds. The van der Waals surface area contributed by atoms with Crippen molar-refractivity contribution in [1.29, 1.82) is 0 Å². The highest BCUT2D eigenvalue weighted by molar-refractivity contribution is 6.30. The van der Waals surface area contributed by atoms with E-state index in [1.165, 1.54) is 12.0 Å². The lowest BCUT2D eigenvalue weighted by Crippen LogP contribution is -2.41. The van der Waals surface area contributed by atoms with E-state index in [9.17, 15) is 0 Å². The molecule has 6 nitrogen and oxygen atoms in total. The van der Waals surface area contributed by atoms with Crippen LogP contribution in [0, 0.1) is 5.92 Å². The molecule has 1 aromatic heterocycles. The highest BCUT2D eigenvalue weighted by Gasteiger charge is 2.25. The first-order chi connectivity index (χ1) is 14.7. The van der Waals surface area contributed by atoms with Crippen molar-refractivity contribution in [1.82, 2.24) is 20.4 Å². The van der Waals surface area contributed by atoms with Crippen LogP contribution in [-0.4, -0.2) is 47.7 Å². The number of nitrogens with one attached hydrogen (secondary N) is 1. The zero-order valence-corrected chi connectivity index (χ0v) is 17.8. The smallest absolute Gasteiger partial charge is 0.228 e. The van der Waals surface area contributed by atoms with Crippen molar-refractivity contribution < 1.29 is 4.52 Å². The standard InChI is InChI=1S/C23H26ClN5O/c1-25-23(29-13-11-18(16-29)14-17-6-3-2-4-7-17)26-12-10-21-27-22(28-30-21)19-8-5-9-20(24)15-19/h2-9,15,18H,10-14,16H2,1H3,(H,25,26). The maximum Gasteiger partial charge on any atom is 0.228 e. The lowest BCUT2D eigenvalue weighted by atomic mass is 9.99. The Morgan fingerprint density at radius 1 is 1.23 bits per heavy atom. The van der Waals surface area contributed by atoms with Gasteiger partial charge in [0.2, 0.25) is 11.7 Å². The van der Waals surface area contributed by atoms with Crippen molar-refractivity contribution in [3.8, 4) is 11.4 Å². The van der Waals surface area contributed by atoms with Gasteiger partial charge in [-0.3, -0.25) is 4.99 Å². The van der Waals surface area contributed by atoms with Crippen LogP contribution in [0.5, 0.6) is 0 Å². The summed E-state index contributed by atoms with van der Waals surface area (Å²) in [7, 11) is 1.83. The molecule has 2 aromatic carbocycles. The summed E-state index contributed by atoms with van der Waals surface area (Å²) < 4.78 is 5.39. The number of nitrogens with zero attached hydrogens (tertiary/aromatic N) is 4. The topological polar surface area (TPSA) is 66.5 Å². The summed E-state index contributed by atoms with van der Waals surface area (Å²) in [5, 5.41) is 8.14. The van der Waals surface area contributed by atoms with Gasteiger partial charge in [0.15, 0.2) is 5.96 Å². The zero-order valence-electron chi connectivity index (χ0n) is 17.1. The van der Waals surface area contributed by atoms with Gasteiger partial charge in [-0.2, -0.15) is 4.98 Å². The summed E-state index contributed by atoms with van der Waals surface area (Å²) in [6.45, 7) is 2.73. The van der Waals surface area contributed by atoms with E-state index in [2.05, 4.69) is 55.7 Å². The second kappa shape index (κ2) is 9.76. The summed E-state index contributed by atoms with van der Waals surface area (Å²) >= 11 is 6.04. The molecule has 1 fully saturated rings. The minimum Gasteiger partial charge on any atom is -0.356 e. The van der Waals surface area contributed by atoms with Gasteiger partial charge in [0.1, 0.15) is 0 Å². The van der Waals surface area contributed by atoms with Crippen LogP contribution >= 0.6 is 11.6 Å². The fourth-order valence-corrected chi connectivity index (χ4v) is 4.04. The Kier molecular flexibility index (Phi) is 6.64. The molecule has 1 atom stereocenters. The molecule has 0 saturated carbocycles. The number of benzene rings is 2. The molecule has 4 rings (SSSR count). The van der Waals surface area contributed by atoms with E-state index in [0.29, 0.717) is 35.6 Å². The largest absolute Gasteiger partial charge is 0.356 e. The average molecular weight is 424 g/mol. The highest BCUT2D eigenvalue weighted by atomic mass is 35.5. The zero-order chi connectivity index (χ0) is 20.8. The van der Waals surface area contributed by atoms with E-state index in [1.807, 2.05) is 31.3 Å². The van der Waals surface area contributed by atoms with Gasteiger partial charge in [-0.15, -0.1) is 0 Å². The number of aromatic nitrogens is 2. The Bertz CT molecular complexity index is 988. The molecule has 0 radical (unpaired) electrons. The average Bonchev–Trinajstić information content (AvgIpc) is 3.42. The Morgan fingerprint density at radius 3 is 2.90 bits per heavy atom. The normalized spacial score (nSPS) is 16.8. The number of aliphatic imine (C=N–C) groups is 1. The molecule has 30 heavy (non-hydrogen) atoms. The minimum absolute atomic E-state index is 0.556. The van der Waals surface area contributed by atoms with Crippen LogP contribution < -0.4 is 5.32 Å². The van der Waals surface area contributed by atoms with Gasteiger partial charge < -0.3 is 14.7 Å². The summed E-state index contributed by atoms with van der Waals surface area (Å²) in [5.74, 6) is 2.73. The molecule has 156 valence electrons. The molecular formula is C23H26ClN5O. The first-order valence-electron chi connectivity index (χ1n) is 10.3. The third-order valence-corrected chi connectivity index (χ3v) is 5.57. The molecule has 1 aliphatic rings. The number of halogens is 1. The molecule has 0 spiro atoms. The molecule has 1 aliphatic heterocycles. The monoisotopic (exact) mass is 423 g/mol. The van der Waals surface area contributed by atoms with Gasteiger partial charge in [0.05, 0.1) is 0 Å². The van der Waals surface area contributed by atoms with Crippen LogP contribution in [-0.2, 0) is 12.8 Å². The molecule has 3 aromatic rings. The molecule has 0 aliphatic carbocycles. The van der Waals surface area contributed by atoms with Crippen LogP contribution in [0.4, 0.5) is 0 Å². The van der Waals surface area contributed by atoms with E-state index in [-0.39, 0.29) is 0 Å². The van der Waals surface area contributed by atoms with Crippen LogP contribution in [0.25, 0.3) is 11.4 Å². The second-order valence-electron chi connectivity index (χ2n) is 7.54. The van der Waals surface area contributed by atoms with Crippen molar-refractivity contribution in [3.05, 3.63) is 71.1 Å². The van der Waals surface area contributed by atoms with Crippen LogP contribution in [0.2, 0.25) is 5.02 Å². The predicted molar refractivity (Wildman–Crippen MR) is 120 cm³/mol. The van der Waals surface area contributed by atoms with Crippen molar-refractivity contribution in [2.75, 3.05) is 26.7 Å². The number of likely N-dealkylation sites (tertiary alicyclic amines) is 1. The van der Waals surface area contributed by atoms with E-state index in [4.69, 9.17) is 16.1 Å². The van der Waals surface area contributed by atoms with E-state index < -0.39 is 0 Å². The number of hydrogen-bond donors (Lipinski definition) is 1. The van der Waals surface area contributed by atoms with Crippen molar-refractivity contribution >= 4 is 17.6 Å². The van der Waals surface area contributed by atoms with E-state index >= 15 is 0 Å². The molecular weight excluding hydrogens is 398 g/mol. The molecule has 1 saturated heterocycles. The number of rotatable bonds is 6. The van der Waals surface area contributed by atoms with E-state index in [1.54, 1.807) is 0 Å². The molecule has 2 heterocycles. The van der Waals surface area contributed by atoms with Gasteiger partial charge in [-0.05, 0) is 36.5 Å². The van der Waals surface area contributed by atoms with E-state index in [0.717, 1.165) is 31.0 Å². The Morgan fingerprint density at radius 2 is 2.10 bits per heavy atom. The summed E-state index contributed by atoms with van der Waals surface area (Å²) in [6.07, 6.45) is 2.93. The first-order valence-corrected chi connectivity index (χ1v) is 10.7. The van der Waals surface area contributed by atoms with Gasteiger partial charge in [-0.1, -0.05) is 59.2 Å². The van der Waals surface area contributed by atoms with Gasteiger partial charge in [-0.25, -0.2) is 0 Å². The van der Waals surface area contributed by atoms with Gasteiger partial charge >= 0.3 is 0 Å². The Labute approximate surface area is 182 Å². The minimum atomic E-state index is 0.556. The fourth-order valence-electron chi connectivity index (χ4n) is 3.85. The summed E-state index contributed by atoms with van der Waals surface area (Å²) in [6, 6.07) is 18.1. The Balaban J connectivity index is 1.26. The van der Waals surface area contributed by atoms with Crippen molar-refractivity contribution in [2.45, 2.75) is 19.3 Å². The number of hydrogen-bond acceptors (Lipinski definition) is 4. The molecule has 1 unspecified atom stereocenters. The lowest BCUT2D eigenvalue weighted by Gasteiger charge is -2.21. The lowest BCUT2D eigenvalue weighted by molar-refractivity contribution is 0.377. The molecule has 1 N–H and O–H groups in total. The third kappa shape index (κ3) is 5.19.